The van der Waals surface area contributed by atoms with Crippen molar-refractivity contribution < 1.29 is 0 Å². The third-order valence-corrected chi connectivity index (χ3v) is 4.88. The molecule has 8 heavy (non-hydrogen) atoms. The molecule has 0 aromatic rings. The first-order valence-corrected chi connectivity index (χ1v) is 6.62. The zero-order chi connectivity index (χ0) is 6.20. The molecule has 0 amide bonds. The predicted octanol–water partition coefficient (Wildman–Crippen LogP) is 2.45. The average Bonchev–Trinajstić information content (AvgIpc) is 1.16. The Balaban J connectivity index is 2.34. The summed E-state index contributed by atoms with van der Waals surface area (Å²) in [6.07, 6.45) is 4.55. The maximum Gasteiger partial charge on any atom is 0.0689 e. The fraction of sp³-hybridized carbons (Fsp3) is 1.00. The normalized spacial score (nSPS) is 22.9. The first-order valence-electron chi connectivity index (χ1n) is 3.42. The summed E-state index contributed by atoms with van der Waals surface area (Å²) in [7, 11) is -0.420. The van der Waals surface area contributed by atoms with Crippen molar-refractivity contribution in [2.24, 2.45) is 0 Å². The molecule has 0 radical (unpaired) electrons. The molecular weight excluding hydrogens is 115 g/mol. The van der Waals surface area contributed by atoms with Gasteiger partial charge in [-0.1, -0.05) is 0 Å². The molecule has 1 fully saturated rings. The van der Waals surface area contributed by atoms with Crippen LogP contribution in [0, 0.1) is 0 Å². The highest BCUT2D eigenvalue weighted by atomic mass is 31.2. The SMILES string of the molecule is C[P+](C)(C)C1CCC1. The second-order valence-corrected chi connectivity index (χ2v) is 8.66. The van der Waals surface area contributed by atoms with Crippen LogP contribution in [0.1, 0.15) is 19.3 Å². The van der Waals surface area contributed by atoms with Gasteiger partial charge in [0.05, 0.1) is 5.66 Å². The van der Waals surface area contributed by atoms with Gasteiger partial charge in [-0.2, -0.15) is 0 Å². The van der Waals surface area contributed by atoms with Crippen LogP contribution in [0.2, 0.25) is 0 Å². The molecule has 0 unspecified atom stereocenters. The van der Waals surface area contributed by atoms with Crippen LogP contribution >= 0.6 is 7.26 Å². The van der Waals surface area contributed by atoms with Gasteiger partial charge in [0, 0.05) is 27.3 Å². The molecule has 0 aliphatic heterocycles. The second kappa shape index (κ2) is 1.99. The molecule has 0 aromatic heterocycles. The van der Waals surface area contributed by atoms with Gasteiger partial charge < -0.3 is 0 Å². The first-order chi connectivity index (χ1) is 3.61. The van der Waals surface area contributed by atoms with E-state index in [2.05, 4.69) is 20.0 Å². The van der Waals surface area contributed by atoms with Crippen LogP contribution < -0.4 is 0 Å². The maximum atomic E-state index is 2.46. The van der Waals surface area contributed by atoms with Crippen molar-refractivity contribution in [3.8, 4) is 0 Å². The Morgan fingerprint density at radius 3 is 1.62 bits per heavy atom. The summed E-state index contributed by atoms with van der Waals surface area (Å²) in [4.78, 5) is 0. The monoisotopic (exact) mass is 131 g/mol. The van der Waals surface area contributed by atoms with E-state index < -0.39 is 7.26 Å². The Morgan fingerprint density at radius 2 is 1.62 bits per heavy atom. The maximum absolute atomic E-state index is 2.46. The largest absolute Gasteiger partial charge is 0.0689 e. The smallest absolute Gasteiger partial charge is 0.0459 e. The van der Waals surface area contributed by atoms with Gasteiger partial charge in [-0.25, -0.2) is 0 Å². The fourth-order valence-corrected chi connectivity index (χ4v) is 3.08. The highest BCUT2D eigenvalue weighted by molar-refractivity contribution is 7.74. The lowest BCUT2D eigenvalue weighted by atomic mass is 10.00. The molecule has 0 spiro atoms. The standard InChI is InChI=1S/C7H16P/c1-8(2,3)7-5-4-6-7/h7H,4-6H2,1-3H3/q+1. The fourth-order valence-electron chi connectivity index (χ4n) is 1.16. The van der Waals surface area contributed by atoms with E-state index in [1.165, 1.54) is 19.3 Å². The van der Waals surface area contributed by atoms with Crippen LogP contribution in [0.5, 0.6) is 0 Å². The topological polar surface area (TPSA) is 0 Å². The van der Waals surface area contributed by atoms with Gasteiger partial charge in [0.15, 0.2) is 0 Å². The van der Waals surface area contributed by atoms with Crippen molar-refractivity contribution in [2.45, 2.75) is 24.9 Å². The summed E-state index contributed by atoms with van der Waals surface area (Å²) >= 11 is 0. The molecule has 1 rings (SSSR count). The highest BCUT2D eigenvalue weighted by Crippen LogP contribution is 2.59. The minimum atomic E-state index is -0.420. The van der Waals surface area contributed by atoms with Crippen molar-refractivity contribution >= 4 is 7.26 Å². The molecule has 1 heteroatoms. The van der Waals surface area contributed by atoms with Gasteiger partial charge in [-0.15, -0.1) is 0 Å². The summed E-state index contributed by atoms with van der Waals surface area (Å²) in [5.74, 6) is 0. The zero-order valence-electron chi connectivity index (χ0n) is 6.15. The van der Waals surface area contributed by atoms with E-state index in [1.807, 2.05) is 0 Å². The molecule has 0 heterocycles. The summed E-state index contributed by atoms with van der Waals surface area (Å²) in [6.45, 7) is 7.37. The van der Waals surface area contributed by atoms with Crippen LogP contribution in [0.3, 0.4) is 0 Å². The molecule has 0 aromatic carbocycles. The lowest BCUT2D eigenvalue weighted by Gasteiger charge is -2.31. The van der Waals surface area contributed by atoms with Crippen LogP contribution in [0.4, 0.5) is 0 Å². The molecular formula is C7H16P+. The molecule has 1 aliphatic carbocycles. The van der Waals surface area contributed by atoms with Crippen LogP contribution in [-0.4, -0.2) is 25.7 Å². The lowest BCUT2D eigenvalue weighted by molar-refractivity contribution is 0.512. The summed E-state index contributed by atoms with van der Waals surface area (Å²) in [5, 5.41) is 0. The van der Waals surface area contributed by atoms with E-state index in [0.717, 1.165) is 5.66 Å². The van der Waals surface area contributed by atoms with Gasteiger partial charge >= 0.3 is 0 Å². The van der Waals surface area contributed by atoms with Gasteiger partial charge in [0.1, 0.15) is 0 Å². The summed E-state index contributed by atoms with van der Waals surface area (Å²) in [5.41, 5.74) is 1.14. The van der Waals surface area contributed by atoms with Crippen LogP contribution in [-0.2, 0) is 0 Å². The summed E-state index contributed by atoms with van der Waals surface area (Å²) < 4.78 is 0. The molecule has 1 aliphatic rings. The Morgan fingerprint density at radius 1 is 1.12 bits per heavy atom. The molecule has 0 bridgehead atoms. The Kier molecular flexibility index (Phi) is 1.63. The van der Waals surface area contributed by atoms with E-state index in [-0.39, 0.29) is 0 Å². The van der Waals surface area contributed by atoms with Crippen molar-refractivity contribution in [3.63, 3.8) is 0 Å². The lowest BCUT2D eigenvalue weighted by Crippen LogP contribution is -2.19. The number of hydrogen-bond acceptors (Lipinski definition) is 0. The first kappa shape index (κ1) is 6.55. The Bertz CT molecular complexity index is 76.9. The summed E-state index contributed by atoms with van der Waals surface area (Å²) in [6, 6.07) is 0. The van der Waals surface area contributed by atoms with E-state index >= 15 is 0 Å². The molecule has 0 atom stereocenters. The molecule has 48 valence electrons. The molecule has 1 saturated carbocycles. The van der Waals surface area contributed by atoms with E-state index in [0.29, 0.717) is 0 Å². The van der Waals surface area contributed by atoms with E-state index in [9.17, 15) is 0 Å². The average molecular weight is 131 g/mol. The van der Waals surface area contributed by atoms with Crippen molar-refractivity contribution in [3.05, 3.63) is 0 Å². The zero-order valence-corrected chi connectivity index (χ0v) is 7.04. The van der Waals surface area contributed by atoms with Gasteiger partial charge in [-0.05, 0) is 19.3 Å². The minimum absolute atomic E-state index is 0.420. The predicted molar refractivity (Wildman–Crippen MR) is 42.3 cm³/mol. The van der Waals surface area contributed by atoms with Crippen LogP contribution in [0.15, 0.2) is 0 Å². The van der Waals surface area contributed by atoms with E-state index in [4.69, 9.17) is 0 Å². The minimum Gasteiger partial charge on any atom is -0.0459 e. The quantitative estimate of drug-likeness (QED) is 0.479. The van der Waals surface area contributed by atoms with Gasteiger partial charge in [0.2, 0.25) is 0 Å². The van der Waals surface area contributed by atoms with Crippen molar-refractivity contribution in [1.82, 2.24) is 0 Å². The second-order valence-electron chi connectivity index (χ2n) is 3.70. The number of hydrogen-bond donors (Lipinski definition) is 0. The number of rotatable bonds is 1. The Hall–Kier alpha value is 0.430. The highest BCUT2D eigenvalue weighted by Gasteiger charge is 2.35. The van der Waals surface area contributed by atoms with Crippen LogP contribution in [0.25, 0.3) is 0 Å². The molecule has 0 saturated heterocycles. The van der Waals surface area contributed by atoms with Crippen molar-refractivity contribution in [2.75, 3.05) is 20.0 Å². The van der Waals surface area contributed by atoms with Crippen molar-refractivity contribution in [1.29, 1.82) is 0 Å². The third kappa shape index (κ3) is 1.23. The Labute approximate surface area is 53.0 Å². The molecule has 0 nitrogen and oxygen atoms in total. The van der Waals surface area contributed by atoms with Gasteiger partial charge in [0.25, 0.3) is 0 Å². The van der Waals surface area contributed by atoms with E-state index in [1.54, 1.807) is 0 Å². The molecule has 0 N–H and O–H groups in total. The third-order valence-electron chi connectivity index (χ3n) is 2.17. The van der Waals surface area contributed by atoms with Gasteiger partial charge in [-0.3, -0.25) is 0 Å².